The Kier molecular flexibility index (Phi) is 9.62. The summed E-state index contributed by atoms with van der Waals surface area (Å²) in [5, 5.41) is 2.89. The number of fused-ring (bicyclic) bond motifs is 6. The van der Waals surface area contributed by atoms with Crippen LogP contribution >= 0.6 is 0 Å². The average molecular weight is 895 g/mol. The molecule has 68 heavy (non-hydrogen) atoms. The number of para-hydroxylation sites is 2. The lowest BCUT2D eigenvalue weighted by Crippen LogP contribution is -2.13. The first kappa shape index (κ1) is 40.8. The Hall–Kier alpha value is -8.69. The number of benzene rings is 8. The molecule has 0 bridgehead atoms. The lowest BCUT2D eigenvalue weighted by molar-refractivity contribution is -0.137. The smallest absolute Gasteiger partial charge is 0.309 e. The van der Waals surface area contributed by atoms with Gasteiger partial charge < -0.3 is 9.13 Å². The maximum absolute atomic E-state index is 16.3. The number of rotatable bonds is 7. The predicted molar refractivity (Wildman–Crippen MR) is 263 cm³/mol. The number of hydrogen-bond donors (Lipinski definition) is 0. The molecule has 0 unspecified atom stereocenters. The van der Waals surface area contributed by atoms with Gasteiger partial charge in [0.2, 0.25) is 0 Å². The minimum absolute atomic E-state index is 0.0348. The molecule has 4 heterocycles. The summed E-state index contributed by atoms with van der Waals surface area (Å²) in [5.41, 5.74) is 7.23. The Bertz CT molecular complexity index is 3870. The van der Waals surface area contributed by atoms with Gasteiger partial charge in [-0.3, -0.25) is 9.97 Å². The van der Waals surface area contributed by atoms with Gasteiger partial charge in [-0.1, -0.05) is 127 Å². The number of alkyl halides is 3. The van der Waals surface area contributed by atoms with Crippen molar-refractivity contribution >= 4 is 43.6 Å². The van der Waals surface area contributed by atoms with Crippen molar-refractivity contribution in [2.24, 2.45) is 0 Å². The fourth-order valence-electron chi connectivity index (χ4n) is 9.64. The second kappa shape index (κ2) is 16.0. The number of hydrogen-bond acceptors (Lipinski definition) is 2. The van der Waals surface area contributed by atoms with Gasteiger partial charge in [0.25, 0.3) is 0 Å². The molecule has 12 rings (SSSR count). The molecule has 0 N–H and O–H groups in total. The van der Waals surface area contributed by atoms with Crippen molar-refractivity contribution < 1.29 is 22.0 Å². The molecule has 0 aliphatic carbocycles. The highest BCUT2D eigenvalue weighted by Crippen LogP contribution is 2.46. The van der Waals surface area contributed by atoms with E-state index in [0.717, 1.165) is 73.7 Å². The van der Waals surface area contributed by atoms with Gasteiger partial charge in [0.15, 0.2) is 0 Å². The molecule has 0 aliphatic rings. The Morgan fingerprint density at radius 1 is 0.353 bits per heavy atom. The third-order valence-electron chi connectivity index (χ3n) is 12.8. The van der Waals surface area contributed by atoms with E-state index in [9.17, 15) is 0 Å². The number of aromatic nitrogens is 4. The van der Waals surface area contributed by atoms with Gasteiger partial charge in [0, 0.05) is 61.8 Å². The molecule has 8 aromatic carbocycles. The quantitative estimate of drug-likeness (QED) is 0.149. The van der Waals surface area contributed by atoms with E-state index in [-0.39, 0.29) is 16.9 Å². The summed E-state index contributed by atoms with van der Waals surface area (Å²) >= 11 is 0. The van der Waals surface area contributed by atoms with Crippen LogP contribution in [0, 0.1) is 11.6 Å². The summed E-state index contributed by atoms with van der Waals surface area (Å²) < 4.78 is 83.9. The SMILES string of the molecule is Fc1cccc(F)c1-c1cc(-n2c3ccccc3c3cc(-c4ccc(-c5ccccc5)nc4)ccc32)c(C(F)(F)F)cc1-n1c2ccccc2c2cc(-c3ccc(-c4ccccc4)nc3)ccc21. The van der Waals surface area contributed by atoms with E-state index in [1.54, 1.807) is 45.8 Å². The fourth-order valence-corrected chi connectivity index (χ4v) is 9.64. The molecule has 0 saturated carbocycles. The predicted octanol–water partition coefficient (Wildman–Crippen LogP) is 16.3. The molecule has 326 valence electrons. The average Bonchev–Trinajstić information content (AvgIpc) is 3.88. The molecule has 4 nitrogen and oxygen atoms in total. The van der Waals surface area contributed by atoms with Crippen LogP contribution in [0.25, 0.3) is 111 Å². The first-order valence-corrected chi connectivity index (χ1v) is 22.0. The molecule has 0 amide bonds. The summed E-state index contributed by atoms with van der Waals surface area (Å²) in [6.07, 6.45) is -1.33. The highest BCUT2D eigenvalue weighted by molar-refractivity contribution is 6.12. The van der Waals surface area contributed by atoms with Crippen molar-refractivity contribution in [2.75, 3.05) is 0 Å². The van der Waals surface area contributed by atoms with Gasteiger partial charge in [0.1, 0.15) is 11.6 Å². The minimum Gasteiger partial charge on any atom is -0.309 e. The Balaban J connectivity index is 1.07. The molecular weight excluding hydrogens is 860 g/mol. The van der Waals surface area contributed by atoms with Crippen molar-refractivity contribution in [3.05, 3.63) is 230 Å². The highest BCUT2D eigenvalue weighted by Gasteiger charge is 2.37. The zero-order valence-corrected chi connectivity index (χ0v) is 35.9. The maximum Gasteiger partial charge on any atom is 0.418 e. The van der Waals surface area contributed by atoms with Crippen molar-refractivity contribution in [3.63, 3.8) is 0 Å². The van der Waals surface area contributed by atoms with Crippen LogP contribution in [-0.2, 0) is 6.18 Å². The van der Waals surface area contributed by atoms with Gasteiger partial charge in [-0.15, -0.1) is 0 Å². The molecular formula is C59H35F5N4. The first-order valence-electron chi connectivity index (χ1n) is 22.0. The summed E-state index contributed by atoms with van der Waals surface area (Å²) in [4.78, 5) is 9.44. The van der Waals surface area contributed by atoms with Gasteiger partial charge in [-0.05, 0) is 83.9 Å². The van der Waals surface area contributed by atoms with Crippen LogP contribution in [0.5, 0.6) is 0 Å². The molecule has 0 atom stereocenters. The van der Waals surface area contributed by atoms with Gasteiger partial charge >= 0.3 is 6.18 Å². The topological polar surface area (TPSA) is 35.6 Å². The molecule has 0 radical (unpaired) electrons. The second-order valence-electron chi connectivity index (χ2n) is 16.7. The maximum atomic E-state index is 16.3. The largest absolute Gasteiger partial charge is 0.418 e. The number of nitrogens with zero attached hydrogens (tertiary/aromatic N) is 4. The first-order chi connectivity index (χ1) is 33.2. The van der Waals surface area contributed by atoms with Crippen molar-refractivity contribution in [1.82, 2.24) is 19.1 Å². The monoisotopic (exact) mass is 894 g/mol. The standard InChI is InChI=1S/C59H35F5N4/c60-48-18-11-19-49(61)58(48)46-32-57(68-53-21-10-8-17-43(53)45-31-39(25-29-55(45)68)41-23-27-51(66-35-41)37-14-5-2-6-15-37)47(59(62,63)64)33-56(46)67-52-20-9-7-16-42(52)44-30-38(24-28-54(44)67)40-22-26-50(65-34-40)36-12-3-1-4-13-36/h1-35H. The Labute approximate surface area is 386 Å². The summed E-state index contributed by atoms with van der Waals surface area (Å²) in [6, 6.07) is 59.3. The minimum atomic E-state index is -4.91. The van der Waals surface area contributed by atoms with Gasteiger partial charge in [0.05, 0.1) is 56.0 Å². The van der Waals surface area contributed by atoms with Crippen LogP contribution in [0.2, 0.25) is 0 Å². The molecule has 4 aromatic heterocycles. The molecule has 9 heteroatoms. The van der Waals surface area contributed by atoms with Crippen LogP contribution < -0.4 is 0 Å². The summed E-state index contributed by atoms with van der Waals surface area (Å²) in [7, 11) is 0. The Morgan fingerprint density at radius 3 is 1.26 bits per heavy atom. The van der Waals surface area contributed by atoms with Gasteiger partial charge in [-0.2, -0.15) is 13.2 Å². The second-order valence-corrected chi connectivity index (χ2v) is 16.7. The van der Waals surface area contributed by atoms with Crippen LogP contribution in [0.4, 0.5) is 22.0 Å². The third-order valence-corrected chi connectivity index (χ3v) is 12.8. The lowest BCUT2D eigenvalue weighted by atomic mass is 9.97. The summed E-state index contributed by atoms with van der Waals surface area (Å²) in [5.74, 6) is -1.82. The van der Waals surface area contributed by atoms with Crippen LogP contribution in [0.1, 0.15) is 5.56 Å². The van der Waals surface area contributed by atoms with Crippen LogP contribution in [0.3, 0.4) is 0 Å². The van der Waals surface area contributed by atoms with E-state index in [4.69, 9.17) is 9.97 Å². The molecule has 0 aliphatic heterocycles. The normalized spacial score (nSPS) is 11.9. The fraction of sp³-hybridized carbons (Fsp3) is 0.0169. The zero-order chi connectivity index (χ0) is 46.1. The molecule has 0 fully saturated rings. The van der Waals surface area contributed by atoms with E-state index in [1.807, 2.05) is 146 Å². The van der Waals surface area contributed by atoms with Crippen molar-refractivity contribution in [1.29, 1.82) is 0 Å². The van der Waals surface area contributed by atoms with Crippen molar-refractivity contribution in [2.45, 2.75) is 6.18 Å². The highest BCUT2D eigenvalue weighted by atomic mass is 19.4. The lowest BCUT2D eigenvalue weighted by Gasteiger charge is -2.22. The van der Waals surface area contributed by atoms with Crippen LogP contribution in [-0.4, -0.2) is 19.1 Å². The van der Waals surface area contributed by atoms with Crippen molar-refractivity contribution in [3.8, 4) is 67.3 Å². The number of pyridine rings is 2. The summed E-state index contributed by atoms with van der Waals surface area (Å²) in [6.45, 7) is 0. The molecule has 0 saturated heterocycles. The van der Waals surface area contributed by atoms with E-state index >= 15 is 22.0 Å². The molecule has 12 aromatic rings. The van der Waals surface area contributed by atoms with Crippen LogP contribution in [0.15, 0.2) is 213 Å². The van der Waals surface area contributed by atoms with E-state index in [1.165, 1.54) is 12.1 Å². The zero-order valence-electron chi connectivity index (χ0n) is 35.9. The third kappa shape index (κ3) is 6.81. The van der Waals surface area contributed by atoms with E-state index < -0.39 is 28.9 Å². The molecule has 0 spiro atoms. The Morgan fingerprint density at radius 2 is 0.794 bits per heavy atom. The van der Waals surface area contributed by atoms with E-state index in [2.05, 4.69) is 0 Å². The van der Waals surface area contributed by atoms with Gasteiger partial charge in [-0.25, -0.2) is 8.78 Å². The van der Waals surface area contributed by atoms with E-state index in [0.29, 0.717) is 32.8 Å². The number of halogens is 5.